The van der Waals surface area contributed by atoms with Crippen LogP contribution in [-0.2, 0) is 10.9 Å². The highest BCUT2D eigenvalue weighted by Gasteiger charge is 2.51. The number of nitrogens with zero attached hydrogens (tertiary/aromatic N) is 4. The number of ether oxygens (including phenoxy) is 2. The summed E-state index contributed by atoms with van der Waals surface area (Å²) in [6.45, 7) is 3.46. The summed E-state index contributed by atoms with van der Waals surface area (Å²) in [6.07, 6.45) is 3.01. The fourth-order valence-corrected chi connectivity index (χ4v) is 9.27. The molecule has 1 saturated carbocycles. The van der Waals surface area contributed by atoms with Crippen molar-refractivity contribution < 1.29 is 27.4 Å². The van der Waals surface area contributed by atoms with Crippen LogP contribution in [0.2, 0.25) is 0 Å². The molecular formula is C37H39F3N6O3. The first-order valence-electron chi connectivity index (χ1n) is 17.3. The van der Waals surface area contributed by atoms with Crippen molar-refractivity contribution in [3.8, 4) is 5.88 Å². The number of hydrogen-bond acceptors (Lipinski definition) is 7. The third-order valence-corrected chi connectivity index (χ3v) is 11.8. The molecule has 5 aliphatic rings. The van der Waals surface area contributed by atoms with E-state index in [1.165, 1.54) is 12.1 Å². The number of halogens is 3. The minimum Gasteiger partial charge on any atom is -0.468 e. The van der Waals surface area contributed by atoms with Crippen LogP contribution in [0, 0.1) is 5.41 Å². The van der Waals surface area contributed by atoms with Gasteiger partial charge in [-0.15, -0.1) is 0 Å². The lowest BCUT2D eigenvalue weighted by Gasteiger charge is -2.56. The molecule has 3 N–H and O–H groups in total. The molecule has 4 aliphatic heterocycles. The molecule has 4 aromatic rings. The molecule has 1 spiro atoms. The zero-order chi connectivity index (χ0) is 33.5. The molecule has 0 radical (unpaired) electrons. The number of carbonyl (C=O) groups excluding carboxylic acids is 1. The normalized spacial score (nSPS) is 25.3. The topological polar surface area (TPSA) is 100.0 Å². The van der Waals surface area contributed by atoms with Crippen LogP contribution in [0.3, 0.4) is 0 Å². The third kappa shape index (κ3) is 5.13. The summed E-state index contributed by atoms with van der Waals surface area (Å²) < 4.78 is 53.8. The van der Waals surface area contributed by atoms with Crippen LogP contribution in [0.15, 0.2) is 60.8 Å². The van der Waals surface area contributed by atoms with Crippen molar-refractivity contribution in [3.05, 3.63) is 77.5 Å². The first-order valence-corrected chi connectivity index (χ1v) is 17.3. The van der Waals surface area contributed by atoms with Gasteiger partial charge in [0.2, 0.25) is 5.88 Å². The van der Waals surface area contributed by atoms with Gasteiger partial charge < -0.3 is 30.0 Å². The molecule has 2 aromatic heterocycles. The number of anilines is 3. The summed E-state index contributed by atoms with van der Waals surface area (Å²) in [7, 11) is 0. The maximum Gasteiger partial charge on any atom is 0.416 e. The van der Waals surface area contributed by atoms with Crippen LogP contribution in [0.25, 0.3) is 11.0 Å². The zero-order valence-corrected chi connectivity index (χ0v) is 27.1. The second-order valence-corrected chi connectivity index (χ2v) is 14.5. The second kappa shape index (κ2) is 11.4. The number of hydrogen-bond donors (Lipinski definition) is 2. The summed E-state index contributed by atoms with van der Waals surface area (Å²) in [6, 6.07) is 16.0. The molecule has 2 aromatic carbocycles. The zero-order valence-electron chi connectivity index (χ0n) is 27.1. The van der Waals surface area contributed by atoms with Gasteiger partial charge in [-0.25, -0.2) is 0 Å². The highest BCUT2D eigenvalue weighted by molar-refractivity contribution is 6.01. The number of H-pyrrole nitrogens is 1. The molecule has 1 amide bonds. The van der Waals surface area contributed by atoms with Gasteiger partial charge in [0.05, 0.1) is 36.1 Å². The van der Waals surface area contributed by atoms with E-state index in [-0.39, 0.29) is 23.6 Å². The number of nitrogens with one attached hydrogen (secondary N) is 1. The molecule has 6 heterocycles. The van der Waals surface area contributed by atoms with Gasteiger partial charge in [-0.05, 0) is 92.4 Å². The fourth-order valence-electron chi connectivity index (χ4n) is 9.27. The van der Waals surface area contributed by atoms with Crippen molar-refractivity contribution in [3.63, 3.8) is 0 Å². The smallest absolute Gasteiger partial charge is 0.416 e. The van der Waals surface area contributed by atoms with Crippen LogP contribution in [0.4, 0.5) is 30.2 Å². The van der Waals surface area contributed by atoms with E-state index < -0.39 is 17.6 Å². The van der Waals surface area contributed by atoms with E-state index in [2.05, 4.69) is 25.8 Å². The molecular weight excluding hydrogens is 633 g/mol. The van der Waals surface area contributed by atoms with Gasteiger partial charge in [0.15, 0.2) is 0 Å². The number of amides is 1. The Morgan fingerprint density at radius 2 is 1.82 bits per heavy atom. The lowest BCUT2D eigenvalue weighted by molar-refractivity contribution is -0.139. The molecule has 3 atom stereocenters. The second-order valence-electron chi connectivity index (χ2n) is 14.5. The number of fused-ring (bicyclic) bond motifs is 3. The number of alkyl halides is 3. The van der Waals surface area contributed by atoms with Gasteiger partial charge in [0.1, 0.15) is 17.4 Å². The molecule has 4 fully saturated rings. The molecule has 0 unspecified atom stereocenters. The number of primary amides is 1. The number of nitrogens with two attached hydrogens (primary N) is 1. The number of carbonyl (C=O) groups is 1. The van der Waals surface area contributed by atoms with E-state index in [9.17, 15) is 18.0 Å². The predicted octanol–water partition coefficient (Wildman–Crippen LogP) is 6.56. The average Bonchev–Trinajstić information content (AvgIpc) is 3.86. The van der Waals surface area contributed by atoms with Gasteiger partial charge in [-0.1, -0.05) is 18.2 Å². The summed E-state index contributed by atoms with van der Waals surface area (Å²) in [4.78, 5) is 27.6. The van der Waals surface area contributed by atoms with E-state index in [4.69, 9.17) is 20.2 Å². The molecule has 12 heteroatoms. The summed E-state index contributed by atoms with van der Waals surface area (Å²) >= 11 is 0. The molecule has 9 rings (SSSR count). The predicted molar refractivity (Wildman–Crippen MR) is 179 cm³/mol. The average molecular weight is 673 g/mol. The summed E-state index contributed by atoms with van der Waals surface area (Å²) in [5, 5.41) is 0.937. The lowest BCUT2D eigenvalue weighted by Crippen LogP contribution is -2.55. The van der Waals surface area contributed by atoms with E-state index in [0.717, 1.165) is 86.3 Å². The number of aromatic nitrogens is 2. The number of benzene rings is 2. The van der Waals surface area contributed by atoms with Crippen molar-refractivity contribution in [2.45, 2.75) is 68.9 Å². The Bertz CT molecular complexity index is 1910. The molecule has 9 nitrogen and oxygen atoms in total. The SMILES string of the molecule is NC(=O)c1ccc(N2CCC3(CC2)CC(N2CCC[C@H]2c2ccccc2C(F)(F)F)C3)cc1N1c2cc3cc[nH]c3nc2O[C@@H]2COC[C@H]21. The monoisotopic (exact) mass is 672 g/mol. The Morgan fingerprint density at radius 1 is 1.00 bits per heavy atom. The van der Waals surface area contributed by atoms with Gasteiger partial charge in [-0.3, -0.25) is 9.69 Å². The number of piperidine rings is 1. The molecule has 256 valence electrons. The molecule has 0 bridgehead atoms. The van der Waals surface area contributed by atoms with Crippen LogP contribution in [0.1, 0.15) is 66.1 Å². The Hall–Kier alpha value is -4.29. The summed E-state index contributed by atoms with van der Waals surface area (Å²) in [5.41, 5.74) is 9.76. The van der Waals surface area contributed by atoms with Crippen molar-refractivity contribution in [1.82, 2.24) is 14.9 Å². The lowest BCUT2D eigenvalue weighted by atomic mass is 9.59. The standard InChI is InChI=1S/C37H39F3N6O3/c38-37(39,40)27-5-2-1-4-25(27)28-6-3-13-45(28)24-18-36(19-24)10-14-44(15-11-36)23-7-8-26(33(41)47)29(17-23)46-30-16-22-9-12-42-34(22)43-35(30)49-32-21-48-20-31(32)46/h1-2,4-5,7-9,12,16-17,24,28,31-32H,3,6,10-11,13-15,18-21H2,(H2,41,47)(H,42,43)/t28-,31+,32+/m0/s1. The Labute approximate surface area is 282 Å². The highest BCUT2D eigenvalue weighted by atomic mass is 19.4. The van der Waals surface area contributed by atoms with Gasteiger partial charge >= 0.3 is 6.18 Å². The van der Waals surface area contributed by atoms with E-state index in [1.807, 2.05) is 30.5 Å². The Balaban J connectivity index is 0.943. The third-order valence-electron chi connectivity index (χ3n) is 11.8. The minimum atomic E-state index is -4.35. The number of rotatable bonds is 5. The highest BCUT2D eigenvalue weighted by Crippen LogP contribution is 2.55. The first-order chi connectivity index (χ1) is 23.7. The Kier molecular flexibility index (Phi) is 7.14. The quantitative estimate of drug-likeness (QED) is 0.248. The number of aromatic amines is 1. The van der Waals surface area contributed by atoms with Gasteiger partial charge in [0, 0.05) is 42.4 Å². The van der Waals surface area contributed by atoms with Crippen LogP contribution in [-0.4, -0.2) is 71.8 Å². The Morgan fingerprint density at radius 3 is 2.61 bits per heavy atom. The van der Waals surface area contributed by atoms with Crippen molar-refractivity contribution >= 4 is 34.0 Å². The molecule has 49 heavy (non-hydrogen) atoms. The van der Waals surface area contributed by atoms with Crippen LogP contribution >= 0.6 is 0 Å². The maximum absolute atomic E-state index is 13.9. The minimum absolute atomic E-state index is 0.145. The first kappa shape index (κ1) is 30.7. The number of pyridine rings is 1. The molecule has 1 aliphatic carbocycles. The number of likely N-dealkylation sites (tertiary alicyclic amines) is 1. The van der Waals surface area contributed by atoms with E-state index in [1.54, 1.807) is 12.1 Å². The summed E-state index contributed by atoms with van der Waals surface area (Å²) in [5.74, 6) is -0.0129. The van der Waals surface area contributed by atoms with Crippen molar-refractivity contribution in [2.75, 3.05) is 42.6 Å². The van der Waals surface area contributed by atoms with Crippen LogP contribution in [0.5, 0.6) is 5.88 Å². The van der Waals surface area contributed by atoms with Crippen molar-refractivity contribution in [1.29, 1.82) is 0 Å². The van der Waals surface area contributed by atoms with E-state index in [0.29, 0.717) is 36.3 Å². The maximum atomic E-state index is 13.9. The fraction of sp³-hybridized carbons (Fsp3) is 0.459. The van der Waals surface area contributed by atoms with Crippen molar-refractivity contribution in [2.24, 2.45) is 11.1 Å². The van der Waals surface area contributed by atoms with E-state index >= 15 is 0 Å². The largest absolute Gasteiger partial charge is 0.468 e. The van der Waals surface area contributed by atoms with Gasteiger partial charge in [0.25, 0.3) is 5.91 Å². The van der Waals surface area contributed by atoms with Gasteiger partial charge in [-0.2, -0.15) is 18.2 Å². The molecule has 3 saturated heterocycles. The van der Waals surface area contributed by atoms with Crippen LogP contribution < -0.4 is 20.3 Å².